The van der Waals surface area contributed by atoms with Gasteiger partial charge in [0.25, 0.3) is 5.91 Å². The molecule has 1 aliphatic rings. The predicted octanol–water partition coefficient (Wildman–Crippen LogP) is 3.58. The van der Waals surface area contributed by atoms with E-state index in [0.29, 0.717) is 11.9 Å². The molecular formula is C14H18BrNO. The number of allylic oxidation sites excluding steroid dienone is 3. The minimum absolute atomic E-state index is 0.0168. The second-order valence-corrected chi connectivity index (χ2v) is 4.59. The summed E-state index contributed by atoms with van der Waals surface area (Å²) < 4.78 is 0. The number of carbonyl (C=O) groups excluding carboxylic acids is 1. The molecule has 0 N–H and O–H groups in total. The molecule has 17 heavy (non-hydrogen) atoms. The van der Waals surface area contributed by atoms with Crippen molar-refractivity contribution < 1.29 is 4.79 Å². The third-order valence-corrected chi connectivity index (χ3v) is 3.39. The first kappa shape index (κ1) is 14.0. The minimum atomic E-state index is -0.0168. The zero-order valence-corrected chi connectivity index (χ0v) is 11.7. The van der Waals surface area contributed by atoms with Crippen LogP contribution in [0.15, 0.2) is 48.2 Å². The molecule has 1 aliphatic carbocycles. The fourth-order valence-corrected chi connectivity index (χ4v) is 1.71. The number of alkyl halides is 1. The Bertz CT molecular complexity index is 380. The van der Waals surface area contributed by atoms with E-state index in [0.717, 1.165) is 18.4 Å². The molecule has 0 saturated carbocycles. The van der Waals surface area contributed by atoms with Gasteiger partial charge in [0.2, 0.25) is 0 Å². The number of hydrogen-bond acceptors (Lipinski definition) is 1. The molecule has 0 bridgehead atoms. The largest absolute Gasteiger partial charge is 0.312 e. The lowest BCUT2D eigenvalue weighted by Crippen LogP contribution is -2.26. The van der Waals surface area contributed by atoms with Gasteiger partial charge in [-0.05, 0) is 25.3 Å². The first-order chi connectivity index (χ1) is 8.17. The second-order valence-electron chi connectivity index (χ2n) is 4.03. The summed E-state index contributed by atoms with van der Waals surface area (Å²) in [4.78, 5) is 13.6. The molecule has 0 aromatic heterocycles. The van der Waals surface area contributed by atoms with Gasteiger partial charge in [0.15, 0.2) is 0 Å². The maximum absolute atomic E-state index is 11.9. The van der Waals surface area contributed by atoms with Crippen LogP contribution in [-0.4, -0.2) is 22.7 Å². The van der Waals surface area contributed by atoms with Crippen molar-refractivity contribution in [1.29, 1.82) is 0 Å². The molecule has 0 fully saturated rings. The average molecular weight is 296 g/mol. The van der Waals surface area contributed by atoms with Crippen LogP contribution in [0.25, 0.3) is 0 Å². The molecule has 0 atom stereocenters. The van der Waals surface area contributed by atoms with Crippen LogP contribution in [-0.2, 0) is 4.79 Å². The SMILES string of the molecule is C=CN(CC1=CCCC=C1)C(=O)/C=C(\C)CBr. The van der Waals surface area contributed by atoms with E-state index >= 15 is 0 Å². The maximum atomic E-state index is 11.9. The lowest BCUT2D eigenvalue weighted by molar-refractivity contribution is -0.123. The van der Waals surface area contributed by atoms with E-state index < -0.39 is 0 Å². The molecule has 0 aromatic carbocycles. The van der Waals surface area contributed by atoms with Crippen LogP contribution in [0, 0.1) is 0 Å². The molecule has 0 unspecified atom stereocenters. The van der Waals surface area contributed by atoms with Crippen molar-refractivity contribution in [2.75, 3.05) is 11.9 Å². The monoisotopic (exact) mass is 295 g/mol. The number of halogens is 1. The van der Waals surface area contributed by atoms with Crippen LogP contribution >= 0.6 is 15.9 Å². The Hall–Kier alpha value is -1.09. The van der Waals surface area contributed by atoms with E-state index in [9.17, 15) is 4.79 Å². The van der Waals surface area contributed by atoms with Crippen LogP contribution < -0.4 is 0 Å². The van der Waals surface area contributed by atoms with E-state index in [1.807, 2.05) is 6.92 Å². The molecule has 1 amide bonds. The zero-order valence-electron chi connectivity index (χ0n) is 10.2. The van der Waals surface area contributed by atoms with Crippen molar-refractivity contribution in [3.63, 3.8) is 0 Å². The molecule has 0 saturated heterocycles. The molecule has 0 aliphatic heterocycles. The van der Waals surface area contributed by atoms with E-state index in [1.54, 1.807) is 17.2 Å². The smallest absolute Gasteiger partial charge is 0.250 e. The van der Waals surface area contributed by atoms with Crippen molar-refractivity contribution in [3.05, 3.63) is 48.2 Å². The predicted molar refractivity (Wildman–Crippen MR) is 75.9 cm³/mol. The summed E-state index contributed by atoms with van der Waals surface area (Å²) in [5.41, 5.74) is 2.18. The van der Waals surface area contributed by atoms with Crippen LogP contribution in [0.4, 0.5) is 0 Å². The Morgan fingerprint density at radius 3 is 2.88 bits per heavy atom. The molecule has 0 radical (unpaired) electrons. The number of rotatable bonds is 5. The quantitative estimate of drug-likeness (QED) is 0.561. The highest BCUT2D eigenvalue weighted by atomic mass is 79.9. The van der Waals surface area contributed by atoms with Gasteiger partial charge >= 0.3 is 0 Å². The fourth-order valence-electron chi connectivity index (χ4n) is 1.55. The van der Waals surface area contributed by atoms with Gasteiger partial charge in [0.1, 0.15) is 0 Å². The van der Waals surface area contributed by atoms with Crippen molar-refractivity contribution >= 4 is 21.8 Å². The highest BCUT2D eigenvalue weighted by molar-refractivity contribution is 9.09. The van der Waals surface area contributed by atoms with Gasteiger partial charge in [-0.2, -0.15) is 0 Å². The first-order valence-corrected chi connectivity index (χ1v) is 6.81. The molecule has 3 heteroatoms. The van der Waals surface area contributed by atoms with Gasteiger partial charge in [-0.25, -0.2) is 0 Å². The van der Waals surface area contributed by atoms with E-state index in [2.05, 4.69) is 40.7 Å². The van der Waals surface area contributed by atoms with Gasteiger partial charge in [-0.3, -0.25) is 4.79 Å². The highest BCUT2D eigenvalue weighted by Gasteiger charge is 2.09. The highest BCUT2D eigenvalue weighted by Crippen LogP contribution is 2.12. The Labute approximate surface area is 112 Å². The van der Waals surface area contributed by atoms with Gasteiger partial charge in [0, 0.05) is 17.6 Å². The van der Waals surface area contributed by atoms with Crippen molar-refractivity contribution in [1.82, 2.24) is 4.90 Å². The third-order valence-electron chi connectivity index (χ3n) is 2.51. The Morgan fingerprint density at radius 2 is 2.35 bits per heavy atom. The normalized spacial score (nSPS) is 15.4. The lowest BCUT2D eigenvalue weighted by Gasteiger charge is -2.18. The second kappa shape index (κ2) is 7.28. The summed E-state index contributed by atoms with van der Waals surface area (Å²) >= 11 is 3.33. The van der Waals surface area contributed by atoms with Gasteiger partial charge in [0.05, 0.1) is 6.54 Å². The minimum Gasteiger partial charge on any atom is -0.312 e. The molecule has 0 heterocycles. The Morgan fingerprint density at radius 1 is 1.59 bits per heavy atom. The van der Waals surface area contributed by atoms with Crippen molar-refractivity contribution in [2.45, 2.75) is 19.8 Å². The summed E-state index contributed by atoms with van der Waals surface area (Å²) in [6, 6.07) is 0. The average Bonchev–Trinajstić information content (AvgIpc) is 2.36. The number of hydrogen-bond donors (Lipinski definition) is 0. The Balaban J connectivity index is 2.65. The number of carbonyl (C=O) groups is 1. The number of amides is 1. The van der Waals surface area contributed by atoms with Crippen molar-refractivity contribution in [3.8, 4) is 0 Å². The molecule has 92 valence electrons. The Kier molecular flexibility index (Phi) is 5.98. The molecule has 2 nitrogen and oxygen atoms in total. The molecule has 1 rings (SSSR count). The summed E-state index contributed by atoms with van der Waals surface area (Å²) in [6.07, 6.45) is 11.8. The van der Waals surface area contributed by atoms with E-state index in [-0.39, 0.29) is 5.91 Å². The first-order valence-electron chi connectivity index (χ1n) is 5.69. The van der Waals surface area contributed by atoms with E-state index in [4.69, 9.17) is 0 Å². The fraction of sp³-hybridized carbons (Fsp3) is 0.357. The lowest BCUT2D eigenvalue weighted by atomic mass is 10.1. The molecule has 0 aromatic rings. The maximum Gasteiger partial charge on any atom is 0.250 e. The van der Waals surface area contributed by atoms with Crippen molar-refractivity contribution in [2.24, 2.45) is 0 Å². The van der Waals surface area contributed by atoms with Gasteiger partial charge < -0.3 is 4.90 Å². The molecule has 0 spiro atoms. The molecular weight excluding hydrogens is 278 g/mol. The van der Waals surface area contributed by atoms with Crippen LogP contribution in [0.2, 0.25) is 0 Å². The van der Waals surface area contributed by atoms with Crippen LogP contribution in [0.1, 0.15) is 19.8 Å². The number of nitrogens with zero attached hydrogens (tertiary/aromatic N) is 1. The van der Waals surface area contributed by atoms with Gasteiger partial charge in [-0.15, -0.1) is 0 Å². The zero-order chi connectivity index (χ0) is 12.7. The third kappa shape index (κ3) is 4.73. The standard InChI is InChI=1S/C14H18BrNO/c1-3-16(14(17)9-12(2)10-15)11-13-7-5-4-6-8-13/h3,5,7-9H,1,4,6,10-11H2,2H3/b12-9+. The summed E-state index contributed by atoms with van der Waals surface area (Å²) in [7, 11) is 0. The van der Waals surface area contributed by atoms with Crippen LogP contribution in [0.5, 0.6) is 0 Å². The summed E-state index contributed by atoms with van der Waals surface area (Å²) in [5, 5.41) is 0.715. The van der Waals surface area contributed by atoms with Crippen LogP contribution in [0.3, 0.4) is 0 Å². The topological polar surface area (TPSA) is 20.3 Å². The van der Waals surface area contributed by atoms with E-state index in [1.165, 1.54) is 5.57 Å². The summed E-state index contributed by atoms with van der Waals surface area (Å²) in [6.45, 7) is 6.22. The summed E-state index contributed by atoms with van der Waals surface area (Å²) in [5.74, 6) is -0.0168. The van der Waals surface area contributed by atoms with Gasteiger partial charge in [-0.1, -0.05) is 46.3 Å².